The number of nitrogens with one attached hydrogen (secondary N) is 1. The molecule has 1 aromatic carbocycles. The summed E-state index contributed by atoms with van der Waals surface area (Å²) in [4.78, 5) is -0.0531. The Kier molecular flexibility index (Phi) is 3.18. The van der Waals surface area contributed by atoms with Gasteiger partial charge in [0, 0.05) is 5.41 Å². The maximum absolute atomic E-state index is 11.4. The first-order valence-corrected chi connectivity index (χ1v) is 8.33. The van der Waals surface area contributed by atoms with E-state index >= 15 is 0 Å². The van der Waals surface area contributed by atoms with Gasteiger partial charge in [0.2, 0.25) is 10.0 Å². The van der Waals surface area contributed by atoms with Gasteiger partial charge in [-0.25, -0.2) is 22.0 Å². The van der Waals surface area contributed by atoms with Gasteiger partial charge in [-0.1, -0.05) is 18.2 Å². The molecule has 0 saturated heterocycles. The molecule has 1 aliphatic heterocycles. The molecule has 1 atom stereocenters. The third-order valence-electron chi connectivity index (χ3n) is 2.46. The molecule has 1 aromatic rings. The highest BCUT2D eigenvalue weighted by Crippen LogP contribution is 2.22. The highest BCUT2D eigenvalue weighted by molar-refractivity contribution is 7.94. The predicted octanol–water partition coefficient (Wildman–Crippen LogP) is 0.0566. The Morgan fingerprint density at radius 3 is 2.50 bits per heavy atom. The van der Waals surface area contributed by atoms with E-state index in [1.165, 1.54) is 12.1 Å². The van der Waals surface area contributed by atoms with Crippen LogP contribution in [-0.2, 0) is 19.9 Å². The van der Waals surface area contributed by atoms with E-state index in [4.69, 9.17) is 5.14 Å². The molecule has 0 radical (unpaired) electrons. The van der Waals surface area contributed by atoms with E-state index < -0.39 is 25.9 Å². The molecule has 0 fully saturated rings. The summed E-state index contributed by atoms with van der Waals surface area (Å²) in [6.45, 7) is 0. The Morgan fingerprint density at radius 2 is 1.94 bits per heavy atom. The maximum Gasteiger partial charge on any atom is 0.240 e. The lowest BCUT2D eigenvalue weighted by Crippen LogP contribution is -2.23. The second-order valence-corrected chi connectivity index (χ2v) is 7.41. The highest BCUT2D eigenvalue weighted by atomic mass is 32.2. The molecule has 1 aliphatic rings. The molecular formula is C10H12N2O4S2. The zero-order chi connectivity index (χ0) is 13.4. The molecular weight excluding hydrogens is 276 g/mol. The molecule has 0 saturated carbocycles. The number of benzene rings is 1. The SMILES string of the molecule is NS(=O)(=O)c1ccccc1NC1C=CS(=O)(=O)C1. The first kappa shape index (κ1) is 13.1. The second-order valence-electron chi connectivity index (χ2n) is 3.95. The Hall–Kier alpha value is -1.38. The van der Waals surface area contributed by atoms with Gasteiger partial charge in [-0.3, -0.25) is 0 Å². The molecule has 0 amide bonds. The molecule has 3 N–H and O–H groups in total. The summed E-state index contributed by atoms with van der Waals surface area (Å²) in [6.07, 6.45) is 1.48. The number of rotatable bonds is 3. The number of hydrogen-bond acceptors (Lipinski definition) is 5. The molecule has 18 heavy (non-hydrogen) atoms. The molecule has 0 aromatic heterocycles. The maximum atomic E-state index is 11.4. The molecule has 0 spiro atoms. The minimum absolute atomic E-state index is 0.0531. The molecule has 6 nitrogen and oxygen atoms in total. The van der Waals surface area contributed by atoms with Crippen molar-refractivity contribution in [2.75, 3.05) is 11.1 Å². The van der Waals surface area contributed by atoms with Crippen LogP contribution in [0.1, 0.15) is 0 Å². The van der Waals surface area contributed by atoms with Crippen LogP contribution in [0.25, 0.3) is 0 Å². The third-order valence-corrected chi connectivity index (χ3v) is 4.83. The number of hydrogen-bond donors (Lipinski definition) is 2. The van der Waals surface area contributed by atoms with Crippen LogP contribution < -0.4 is 10.5 Å². The summed E-state index contributed by atoms with van der Waals surface area (Å²) in [5.74, 6) is -0.0913. The van der Waals surface area contributed by atoms with Crippen LogP contribution in [0.15, 0.2) is 40.6 Å². The van der Waals surface area contributed by atoms with Crippen LogP contribution >= 0.6 is 0 Å². The van der Waals surface area contributed by atoms with E-state index in [-0.39, 0.29) is 10.6 Å². The summed E-state index contributed by atoms with van der Waals surface area (Å²) >= 11 is 0. The van der Waals surface area contributed by atoms with Crippen LogP contribution in [0, 0.1) is 0 Å². The summed E-state index contributed by atoms with van der Waals surface area (Å²) in [5, 5.41) is 9.04. The lowest BCUT2D eigenvalue weighted by Gasteiger charge is -2.14. The van der Waals surface area contributed by atoms with Gasteiger partial charge >= 0.3 is 0 Å². The van der Waals surface area contributed by atoms with E-state index in [0.29, 0.717) is 5.69 Å². The number of anilines is 1. The highest BCUT2D eigenvalue weighted by Gasteiger charge is 2.23. The second kappa shape index (κ2) is 4.38. The van der Waals surface area contributed by atoms with Crippen LogP contribution in [0.2, 0.25) is 0 Å². The van der Waals surface area contributed by atoms with Gasteiger partial charge in [-0.05, 0) is 12.1 Å². The topological polar surface area (TPSA) is 106 Å². The largest absolute Gasteiger partial charge is 0.377 e. The van der Waals surface area contributed by atoms with Gasteiger partial charge in [0.05, 0.1) is 17.5 Å². The van der Waals surface area contributed by atoms with Gasteiger partial charge in [0.15, 0.2) is 9.84 Å². The fourth-order valence-electron chi connectivity index (χ4n) is 1.70. The molecule has 1 unspecified atom stereocenters. The normalized spacial score (nSPS) is 21.9. The lowest BCUT2D eigenvalue weighted by molar-refractivity contribution is 0.598. The van der Waals surface area contributed by atoms with E-state index in [1.54, 1.807) is 18.2 Å². The number of para-hydroxylation sites is 1. The van der Waals surface area contributed by atoms with Crippen LogP contribution in [0.3, 0.4) is 0 Å². The zero-order valence-corrected chi connectivity index (χ0v) is 10.9. The molecule has 0 aliphatic carbocycles. The first-order valence-electron chi connectivity index (χ1n) is 5.07. The Balaban J connectivity index is 2.29. The number of nitrogens with two attached hydrogens (primary N) is 1. The minimum Gasteiger partial charge on any atom is -0.377 e. The van der Waals surface area contributed by atoms with Crippen molar-refractivity contribution in [2.45, 2.75) is 10.9 Å². The summed E-state index contributed by atoms with van der Waals surface area (Å²) < 4.78 is 45.2. The molecule has 98 valence electrons. The van der Waals surface area contributed by atoms with Crippen molar-refractivity contribution in [2.24, 2.45) is 5.14 Å². The van der Waals surface area contributed by atoms with Gasteiger partial charge in [0.25, 0.3) is 0 Å². The van der Waals surface area contributed by atoms with Crippen LogP contribution in [-0.4, -0.2) is 28.6 Å². The van der Waals surface area contributed by atoms with Gasteiger partial charge in [0.1, 0.15) is 4.90 Å². The van der Waals surface area contributed by atoms with Crippen molar-refractivity contribution in [1.82, 2.24) is 0 Å². The molecule has 2 rings (SSSR count). The minimum atomic E-state index is -3.84. The molecule has 8 heteroatoms. The van der Waals surface area contributed by atoms with Crippen molar-refractivity contribution in [3.05, 3.63) is 35.7 Å². The average molecular weight is 288 g/mol. The molecule has 1 heterocycles. The van der Waals surface area contributed by atoms with E-state index in [0.717, 1.165) is 5.41 Å². The summed E-state index contributed by atoms with van der Waals surface area (Å²) in [6, 6.07) is 5.65. The van der Waals surface area contributed by atoms with Crippen molar-refractivity contribution in [3.8, 4) is 0 Å². The van der Waals surface area contributed by atoms with Crippen molar-refractivity contribution in [3.63, 3.8) is 0 Å². The Labute approximate surface area is 105 Å². The number of primary sulfonamides is 1. The summed E-state index contributed by atoms with van der Waals surface area (Å²) in [7, 11) is -7.03. The quantitative estimate of drug-likeness (QED) is 0.817. The van der Waals surface area contributed by atoms with Crippen molar-refractivity contribution < 1.29 is 16.8 Å². The summed E-state index contributed by atoms with van der Waals surface area (Å²) in [5.41, 5.74) is 0.298. The van der Waals surface area contributed by atoms with Crippen LogP contribution in [0.4, 0.5) is 5.69 Å². The predicted molar refractivity (Wildman–Crippen MR) is 68.2 cm³/mol. The third kappa shape index (κ3) is 2.89. The fraction of sp³-hybridized carbons (Fsp3) is 0.200. The van der Waals surface area contributed by atoms with E-state index in [9.17, 15) is 16.8 Å². The lowest BCUT2D eigenvalue weighted by atomic mass is 10.2. The van der Waals surface area contributed by atoms with Crippen molar-refractivity contribution in [1.29, 1.82) is 0 Å². The zero-order valence-electron chi connectivity index (χ0n) is 9.28. The number of sulfone groups is 1. The first-order chi connectivity index (χ1) is 8.28. The number of sulfonamides is 1. The van der Waals surface area contributed by atoms with Gasteiger partial charge in [-0.15, -0.1) is 0 Å². The van der Waals surface area contributed by atoms with E-state index in [1.807, 2.05) is 0 Å². The van der Waals surface area contributed by atoms with Crippen LogP contribution in [0.5, 0.6) is 0 Å². The molecule has 0 bridgehead atoms. The smallest absolute Gasteiger partial charge is 0.240 e. The van der Waals surface area contributed by atoms with Gasteiger partial charge in [-0.2, -0.15) is 0 Å². The van der Waals surface area contributed by atoms with Crippen molar-refractivity contribution >= 4 is 25.5 Å². The monoisotopic (exact) mass is 288 g/mol. The fourth-order valence-corrected chi connectivity index (χ4v) is 3.64. The Bertz CT molecular complexity index is 692. The average Bonchev–Trinajstić information content (AvgIpc) is 2.57. The standard InChI is InChI=1S/C10H12N2O4S2/c11-18(15,16)10-4-2-1-3-9(10)12-8-5-6-17(13,14)7-8/h1-6,8,12H,7H2,(H2,11,15,16). The van der Waals surface area contributed by atoms with E-state index in [2.05, 4.69) is 5.32 Å². The Morgan fingerprint density at radius 1 is 1.28 bits per heavy atom. The van der Waals surface area contributed by atoms with Gasteiger partial charge < -0.3 is 5.32 Å².